The number of hydrogen-bond acceptors (Lipinski definition) is 4. The monoisotopic (exact) mass is 349 g/mol. The third kappa shape index (κ3) is 4.53. The largest absolute Gasteiger partial charge is 0.377 e. The molecule has 110 valence electrons. The molecule has 0 aliphatic carbocycles. The molecule has 1 aromatic heterocycles. The van der Waals surface area contributed by atoms with Crippen LogP contribution in [0.3, 0.4) is 0 Å². The van der Waals surface area contributed by atoms with Crippen LogP contribution in [0.2, 0.25) is 0 Å². The number of nitrogens with one attached hydrogen (secondary N) is 1. The molecule has 1 aromatic carbocycles. The van der Waals surface area contributed by atoms with Crippen LogP contribution < -0.4 is 5.32 Å². The zero-order valence-corrected chi connectivity index (χ0v) is 13.4. The van der Waals surface area contributed by atoms with Gasteiger partial charge in [0.05, 0.1) is 5.69 Å². The topological polar surface area (TPSA) is 68.1 Å². The van der Waals surface area contributed by atoms with E-state index in [4.69, 9.17) is 0 Å². The SMILES string of the molecule is CC(C)(Cc1cccc(Br)c1)Nc1ccc([N+](=O)[O-])nc1. The Kier molecular flexibility index (Phi) is 4.57. The van der Waals surface area contributed by atoms with Crippen LogP contribution in [-0.2, 0) is 6.42 Å². The summed E-state index contributed by atoms with van der Waals surface area (Å²) in [5.41, 5.74) is 1.77. The van der Waals surface area contributed by atoms with Crippen LogP contribution in [0, 0.1) is 10.1 Å². The molecule has 2 rings (SSSR count). The van der Waals surface area contributed by atoms with Crippen molar-refractivity contribution in [2.75, 3.05) is 5.32 Å². The van der Waals surface area contributed by atoms with E-state index in [0.29, 0.717) is 0 Å². The van der Waals surface area contributed by atoms with Gasteiger partial charge in [0.25, 0.3) is 0 Å². The first-order chi connectivity index (χ1) is 9.85. The molecule has 0 fully saturated rings. The maximum absolute atomic E-state index is 10.6. The van der Waals surface area contributed by atoms with Gasteiger partial charge in [0.15, 0.2) is 6.20 Å². The van der Waals surface area contributed by atoms with Crippen molar-refractivity contribution in [3.63, 3.8) is 0 Å². The third-order valence-corrected chi connectivity index (χ3v) is 3.45. The first-order valence-electron chi connectivity index (χ1n) is 6.49. The predicted octanol–water partition coefficient (Wildman–Crippen LogP) is 4.19. The summed E-state index contributed by atoms with van der Waals surface area (Å²) < 4.78 is 1.05. The molecule has 0 saturated heterocycles. The molecule has 0 saturated carbocycles. The fourth-order valence-electron chi connectivity index (χ4n) is 2.16. The number of hydrogen-bond donors (Lipinski definition) is 1. The molecular weight excluding hydrogens is 334 g/mol. The van der Waals surface area contributed by atoms with E-state index in [1.54, 1.807) is 6.07 Å². The van der Waals surface area contributed by atoms with E-state index in [2.05, 4.69) is 52.2 Å². The molecule has 21 heavy (non-hydrogen) atoms. The fourth-order valence-corrected chi connectivity index (χ4v) is 2.61. The van der Waals surface area contributed by atoms with Crippen molar-refractivity contribution in [2.24, 2.45) is 0 Å². The number of benzene rings is 1. The van der Waals surface area contributed by atoms with Crippen LogP contribution >= 0.6 is 15.9 Å². The molecular formula is C15H16BrN3O2. The smallest absolute Gasteiger partial charge is 0.363 e. The summed E-state index contributed by atoms with van der Waals surface area (Å²) in [6, 6.07) is 11.2. The average molecular weight is 350 g/mol. The summed E-state index contributed by atoms with van der Waals surface area (Å²) in [4.78, 5) is 13.9. The Morgan fingerprint density at radius 1 is 1.33 bits per heavy atom. The van der Waals surface area contributed by atoms with Gasteiger partial charge >= 0.3 is 5.82 Å². The number of nitro groups is 1. The van der Waals surface area contributed by atoms with Gasteiger partial charge in [0, 0.05) is 16.1 Å². The summed E-state index contributed by atoms with van der Waals surface area (Å²) in [5.74, 6) is -0.148. The highest BCUT2D eigenvalue weighted by Crippen LogP contribution is 2.22. The molecule has 0 aliphatic rings. The normalized spacial score (nSPS) is 11.2. The Morgan fingerprint density at radius 2 is 2.10 bits per heavy atom. The average Bonchev–Trinajstić information content (AvgIpc) is 2.38. The van der Waals surface area contributed by atoms with Gasteiger partial charge in [-0.3, -0.25) is 0 Å². The van der Waals surface area contributed by atoms with Gasteiger partial charge in [-0.25, -0.2) is 0 Å². The Bertz CT molecular complexity index is 642. The van der Waals surface area contributed by atoms with Gasteiger partial charge in [-0.15, -0.1) is 0 Å². The van der Waals surface area contributed by atoms with E-state index in [0.717, 1.165) is 16.6 Å². The second-order valence-electron chi connectivity index (χ2n) is 5.48. The number of pyridine rings is 1. The van der Waals surface area contributed by atoms with Crippen molar-refractivity contribution in [3.8, 4) is 0 Å². The zero-order valence-electron chi connectivity index (χ0n) is 11.8. The van der Waals surface area contributed by atoms with Gasteiger partial charge in [-0.2, -0.15) is 0 Å². The van der Waals surface area contributed by atoms with Gasteiger partial charge in [0.1, 0.15) is 0 Å². The van der Waals surface area contributed by atoms with Crippen LogP contribution in [0.25, 0.3) is 0 Å². The number of aromatic nitrogens is 1. The number of anilines is 1. The molecule has 0 radical (unpaired) electrons. The second-order valence-corrected chi connectivity index (χ2v) is 6.39. The van der Waals surface area contributed by atoms with Gasteiger partial charge in [0.2, 0.25) is 0 Å². The molecule has 0 bridgehead atoms. The lowest BCUT2D eigenvalue weighted by Crippen LogP contribution is -2.33. The van der Waals surface area contributed by atoms with Crippen molar-refractivity contribution < 1.29 is 4.92 Å². The highest BCUT2D eigenvalue weighted by Gasteiger charge is 2.19. The van der Waals surface area contributed by atoms with E-state index < -0.39 is 4.92 Å². The van der Waals surface area contributed by atoms with Crippen molar-refractivity contribution in [1.82, 2.24) is 4.98 Å². The molecule has 6 heteroatoms. The molecule has 0 spiro atoms. The lowest BCUT2D eigenvalue weighted by molar-refractivity contribution is -0.389. The number of rotatable bonds is 5. The molecule has 0 amide bonds. The number of halogens is 1. The minimum absolute atomic E-state index is 0.148. The predicted molar refractivity (Wildman–Crippen MR) is 86.4 cm³/mol. The quantitative estimate of drug-likeness (QED) is 0.649. The van der Waals surface area contributed by atoms with Crippen LogP contribution in [0.4, 0.5) is 11.5 Å². The summed E-state index contributed by atoms with van der Waals surface area (Å²) in [6.07, 6.45) is 2.31. The van der Waals surface area contributed by atoms with Crippen LogP contribution in [0.5, 0.6) is 0 Å². The van der Waals surface area contributed by atoms with E-state index in [-0.39, 0.29) is 11.4 Å². The third-order valence-electron chi connectivity index (χ3n) is 2.95. The molecule has 0 atom stereocenters. The Balaban J connectivity index is 2.08. The van der Waals surface area contributed by atoms with Crippen molar-refractivity contribution >= 4 is 27.4 Å². The summed E-state index contributed by atoms with van der Waals surface area (Å²) in [6.45, 7) is 4.16. The van der Waals surface area contributed by atoms with E-state index in [9.17, 15) is 10.1 Å². The molecule has 2 aromatic rings. The van der Waals surface area contributed by atoms with Crippen molar-refractivity contribution in [1.29, 1.82) is 0 Å². The number of nitrogens with zero attached hydrogens (tertiary/aromatic N) is 2. The second kappa shape index (κ2) is 6.22. The molecule has 1 N–H and O–H groups in total. The van der Waals surface area contributed by atoms with E-state index in [1.165, 1.54) is 17.8 Å². The van der Waals surface area contributed by atoms with Gasteiger partial charge < -0.3 is 15.4 Å². The Labute approximate surface area is 131 Å². The minimum Gasteiger partial charge on any atom is -0.377 e. The van der Waals surface area contributed by atoms with Crippen LogP contribution in [-0.4, -0.2) is 15.4 Å². The lowest BCUT2D eigenvalue weighted by atomic mass is 9.94. The summed E-state index contributed by atoms with van der Waals surface area (Å²) in [7, 11) is 0. The lowest BCUT2D eigenvalue weighted by Gasteiger charge is -2.27. The highest BCUT2D eigenvalue weighted by molar-refractivity contribution is 9.10. The van der Waals surface area contributed by atoms with E-state index >= 15 is 0 Å². The molecule has 1 heterocycles. The van der Waals surface area contributed by atoms with Crippen LogP contribution in [0.1, 0.15) is 19.4 Å². The minimum atomic E-state index is -0.504. The van der Waals surface area contributed by atoms with Gasteiger partial charge in [-0.1, -0.05) is 28.1 Å². The molecule has 0 aliphatic heterocycles. The zero-order chi connectivity index (χ0) is 15.5. The van der Waals surface area contributed by atoms with Crippen molar-refractivity contribution in [3.05, 3.63) is 62.7 Å². The highest BCUT2D eigenvalue weighted by atomic mass is 79.9. The summed E-state index contributed by atoms with van der Waals surface area (Å²) >= 11 is 3.46. The molecule has 5 nitrogen and oxygen atoms in total. The first kappa shape index (κ1) is 15.4. The Morgan fingerprint density at radius 3 is 2.67 bits per heavy atom. The fraction of sp³-hybridized carbons (Fsp3) is 0.267. The maximum Gasteiger partial charge on any atom is 0.363 e. The Hall–Kier alpha value is -1.95. The summed E-state index contributed by atoms with van der Waals surface area (Å²) in [5, 5.41) is 13.9. The van der Waals surface area contributed by atoms with Crippen molar-refractivity contribution in [2.45, 2.75) is 25.8 Å². The van der Waals surface area contributed by atoms with Crippen LogP contribution in [0.15, 0.2) is 47.1 Å². The standard InChI is InChI=1S/C15H16BrN3O2/c1-15(2,9-11-4-3-5-12(16)8-11)18-13-6-7-14(17-10-13)19(20)21/h3-8,10,18H,9H2,1-2H3. The molecule has 0 unspecified atom stereocenters. The maximum atomic E-state index is 10.6. The van der Waals surface area contributed by atoms with E-state index in [1.807, 2.05) is 12.1 Å². The first-order valence-corrected chi connectivity index (χ1v) is 7.28. The van der Waals surface area contributed by atoms with Gasteiger partial charge in [-0.05, 0) is 53.9 Å².